The highest BCUT2D eigenvalue weighted by atomic mass is 32.2. The van der Waals surface area contributed by atoms with Crippen molar-refractivity contribution < 1.29 is 17.9 Å². The van der Waals surface area contributed by atoms with Crippen molar-refractivity contribution in [3.8, 4) is 5.75 Å². The number of rotatable bonds is 11. The highest BCUT2D eigenvalue weighted by Gasteiger charge is 2.23. The standard InChI is InChI=1S/C25H33N3O4S2/c1-5-8-17-28(18-9-6-2)34(30,31)20-15-13-19(14-16-20)24(29)26-25-27(4)23-21(32-7-3)11-10-12-22(23)33-25/h10-16H,5-9,17-18H2,1-4H3. The van der Waals surface area contributed by atoms with E-state index in [1.54, 1.807) is 4.31 Å². The molecule has 0 unspecified atom stereocenters. The molecule has 1 amide bonds. The molecule has 3 rings (SSSR count). The van der Waals surface area contributed by atoms with Gasteiger partial charge in [0.15, 0.2) is 4.80 Å². The summed E-state index contributed by atoms with van der Waals surface area (Å²) in [5.41, 5.74) is 1.23. The summed E-state index contributed by atoms with van der Waals surface area (Å²) in [5.74, 6) is 0.329. The number of thiazole rings is 1. The molecule has 0 aliphatic rings. The number of sulfonamides is 1. The van der Waals surface area contributed by atoms with E-state index in [1.807, 2.05) is 50.6 Å². The van der Waals surface area contributed by atoms with Gasteiger partial charge in [0.1, 0.15) is 11.3 Å². The number of hydrogen-bond acceptors (Lipinski definition) is 5. The summed E-state index contributed by atoms with van der Waals surface area (Å²) in [6.07, 6.45) is 3.48. The lowest BCUT2D eigenvalue weighted by Crippen LogP contribution is -2.33. The smallest absolute Gasteiger partial charge is 0.279 e. The molecule has 1 heterocycles. The van der Waals surface area contributed by atoms with Crippen LogP contribution < -0.4 is 9.54 Å². The molecule has 3 aromatic rings. The summed E-state index contributed by atoms with van der Waals surface area (Å²) in [6.45, 7) is 7.56. The first kappa shape index (κ1) is 26.1. The normalized spacial score (nSPS) is 12.6. The maximum absolute atomic E-state index is 13.1. The van der Waals surface area contributed by atoms with Gasteiger partial charge in [-0.3, -0.25) is 4.79 Å². The average molecular weight is 504 g/mol. The average Bonchev–Trinajstić information content (AvgIpc) is 3.15. The van der Waals surface area contributed by atoms with Crippen LogP contribution in [0.1, 0.15) is 56.8 Å². The van der Waals surface area contributed by atoms with Gasteiger partial charge in [0.2, 0.25) is 10.0 Å². The Bertz CT molecular complexity index is 1280. The Kier molecular flexibility index (Phi) is 9.04. The molecule has 0 saturated carbocycles. The number of nitrogens with zero attached hydrogens (tertiary/aromatic N) is 3. The van der Waals surface area contributed by atoms with Crippen molar-refractivity contribution in [2.45, 2.75) is 51.3 Å². The summed E-state index contributed by atoms with van der Waals surface area (Å²) in [7, 11) is -1.75. The second-order valence-electron chi connectivity index (χ2n) is 8.03. The van der Waals surface area contributed by atoms with Gasteiger partial charge in [-0.25, -0.2) is 8.42 Å². The Morgan fingerprint density at radius 2 is 1.68 bits per heavy atom. The maximum Gasteiger partial charge on any atom is 0.279 e. The first-order valence-corrected chi connectivity index (χ1v) is 14.0. The van der Waals surface area contributed by atoms with Gasteiger partial charge in [0, 0.05) is 25.7 Å². The van der Waals surface area contributed by atoms with Crippen molar-refractivity contribution in [1.29, 1.82) is 0 Å². The zero-order valence-electron chi connectivity index (χ0n) is 20.3. The fourth-order valence-corrected chi connectivity index (χ4v) is 6.19. The molecule has 0 fully saturated rings. The van der Waals surface area contributed by atoms with E-state index in [1.165, 1.54) is 35.6 Å². The molecule has 0 saturated heterocycles. The number of fused-ring (bicyclic) bond motifs is 1. The number of carbonyl (C=O) groups excluding carboxylic acids is 1. The van der Waals surface area contributed by atoms with E-state index in [4.69, 9.17) is 4.74 Å². The number of para-hydroxylation sites is 1. The Hall–Kier alpha value is -2.49. The van der Waals surface area contributed by atoms with Crippen molar-refractivity contribution in [2.75, 3.05) is 19.7 Å². The summed E-state index contributed by atoms with van der Waals surface area (Å²) >= 11 is 1.41. The van der Waals surface area contributed by atoms with Crippen molar-refractivity contribution >= 4 is 37.5 Å². The number of ether oxygens (including phenoxy) is 1. The van der Waals surface area contributed by atoms with Gasteiger partial charge in [0.25, 0.3) is 5.91 Å². The fourth-order valence-electron chi connectivity index (χ4n) is 3.64. The van der Waals surface area contributed by atoms with Crippen LogP contribution in [0.2, 0.25) is 0 Å². The van der Waals surface area contributed by atoms with E-state index in [-0.39, 0.29) is 4.90 Å². The molecule has 34 heavy (non-hydrogen) atoms. The lowest BCUT2D eigenvalue weighted by Gasteiger charge is -2.22. The molecular weight excluding hydrogens is 470 g/mol. The van der Waals surface area contributed by atoms with Crippen molar-refractivity contribution in [3.63, 3.8) is 0 Å². The van der Waals surface area contributed by atoms with Crippen LogP contribution in [0.5, 0.6) is 5.75 Å². The molecule has 184 valence electrons. The minimum Gasteiger partial charge on any atom is -0.492 e. The third-order valence-corrected chi connectivity index (χ3v) is 8.55. The number of amides is 1. The van der Waals surface area contributed by atoms with E-state index in [0.29, 0.717) is 30.1 Å². The molecule has 0 aliphatic carbocycles. The lowest BCUT2D eigenvalue weighted by molar-refractivity contribution is 0.0998. The van der Waals surface area contributed by atoms with Gasteiger partial charge >= 0.3 is 0 Å². The van der Waals surface area contributed by atoms with Gasteiger partial charge in [-0.15, -0.1) is 0 Å². The first-order valence-electron chi connectivity index (χ1n) is 11.7. The van der Waals surface area contributed by atoms with Crippen LogP contribution in [0.3, 0.4) is 0 Å². The Morgan fingerprint density at radius 1 is 1.03 bits per heavy atom. The quantitative estimate of drug-likeness (QED) is 0.370. The van der Waals surface area contributed by atoms with Crippen molar-refractivity contribution in [1.82, 2.24) is 8.87 Å². The number of aryl methyl sites for hydroxylation is 1. The zero-order valence-corrected chi connectivity index (χ0v) is 21.9. The molecule has 2 aromatic carbocycles. The predicted octanol–water partition coefficient (Wildman–Crippen LogP) is 4.97. The van der Waals surface area contributed by atoms with Crippen LogP contribution in [0, 0.1) is 0 Å². The second-order valence-corrected chi connectivity index (χ2v) is 11.0. The zero-order chi connectivity index (χ0) is 24.7. The van der Waals surface area contributed by atoms with Gasteiger partial charge in [0.05, 0.1) is 16.2 Å². The highest BCUT2D eigenvalue weighted by molar-refractivity contribution is 7.89. The minimum absolute atomic E-state index is 0.199. The summed E-state index contributed by atoms with van der Waals surface area (Å²) in [4.78, 5) is 17.9. The first-order chi connectivity index (χ1) is 16.3. The van der Waals surface area contributed by atoms with Crippen LogP contribution in [-0.4, -0.2) is 42.9 Å². The lowest BCUT2D eigenvalue weighted by atomic mass is 10.2. The Balaban J connectivity index is 1.88. The summed E-state index contributed by atoms with van der Waals surface area (Å²) < 4.78 is 36.4. The number of benzene rings is 2. The highest BCUT2D eigenvalue weighted by Crippen LogP contribution is 2.27. The van der Waals surface area contributed by atoms with Gasteiger partial charge in [-0.05, 0) is 56.2 Å². The topological polar surface area (TPSA) is 81.0 Å². The second kappa shape index (κ2) is 11.8. The molecule has 0 bridgehead atoms. The SMILES string of the molecule is CCCCN(CCCC)S(=O)(=O)c1ccc(C(=O)N=c2sc3cccc(OCC)c3n2C)cc1. The molecule has 0 spiro atoms. The van der Waals surface area contributed by atoms with E-state index in [2.05, 4.69) is 4.99 Å². The predicted molar refractivity (Wildman–Crippen MR) is 137 cm³/mol. The molecule has 7 nitrogen and oxygen atoms in total. The van der Waals surface area contributed by atoms with Crippen LogP contribution in [0.15, 0.2) is 52.4 Å². The summed E-state index contributed by atoms with van der Waals surface area (Å²) in [5, 5.41) is 0. The van der Waals surface area contributed by atoms with Crippen LogP contribution in [-0.2, 0) is 17.1 Å². The maximum atomic E-state index is 13.1. The molecule has 0 N–H and O–H groups in total. The van der Waals surface area contributed by atoms with Gasteiger partial charge in [-0.2, -0.15) is 9.30 Å². The van der Waals surface area contributed by atoms with E-state index in [0.717, 1.165) is 41.6 Å². The third kappa shape index (κ3) is 5.76. The molecule has 1 aromatic heterocycles. The van der Waals surface area contributed by atoms with Crippen LogP contribution in [0.4, 0.5) is 0 Å². The molecule has 0 radical (unpaired) electrons. The molecular formula is C25H33N3O4S2. The van der Waals surface area contributed by atoms with Crippen LogP contribution in [0.25, 0.3) is 10.2 Å². The van der Waals surface area contributed by atoms with E-state index < -0.39 is 15.9 Å². The monoisotopic (exact) mass is 503 g/mol. The van der Waals surface area contributed by atoms with Gasteiger partial charge < -0.3 is 9.30 Å². The molecule has 9 heteroatoms. The number of aromatic nitrogens is 1. The Labute approximate surface area is 205 Å². The van der Waals surface area contributed by atoms with Crippen LogP contribution >= 0.6 is 11.3 Å². The molecule has 0 atom stereocenters. The van der Waals surface area contributed by atoms with E-state index >= 15 is 0 Å². The largest absolute Gasteiger partial charge is 0.492 e. The van der Waals surface area contributed by atoms with Gasteiger partial charge in [-0.1, -0.05) is 44.1 Å². The molecule has 0 aliphatic heterocycles. The number of hydrogen-bond donors (Lipinski definition) is 0. The fraction of sp³-hybridized carbons (Fsp3) is 0.440. The number of carbonyl (C=O) groups is 1. The van der Waals surface area contributed by atoms with Crippen molar-refractivity contribution in [3.05, 3.63) is 52.8 Å². The third-order valence-electron chi connectivity index (χ3n) is 5.54. The van der Waals surface area contributed by atoms with E-state index in [9.17, 15) is 13.2 Å². The minimum atomic E-state index is -3.61. The summed E-state index contributed by atoms with van der Waals surface area (Å²) in [6, 6.07) is 11.9. The van der Waals surface area contributed by atoms with Crippen molar-refractivity contribution in [2.24, 2.45) is 12.0 Å². The number of unbranched alkanes of at least 4 members (excludes halogenated alkanes) is 2. The Morgan fingerprint density at radius 3 is 2.26 bits per heavy atom.